The van der Waals surface area contributed by atoms with Crippen LogP contribution in [0.4, 0.5) is 0 Å². The van der Waals surface area contributed by atoms with E-state index in [-0.39, 0.29) is 24.5 Å². The summed E-state index contributed by atoms with van der Waals surface area (Å²) in [6.45, 7) is 1.01. The van der Waals surface area contributed by atoms with Gasteiger partial charge in [0.2, 0.25) is 5.91 Å². The summed E-state index contributed by atoms with van der Waals surface area (Å²) >= 11 is 0. The van der Waals surface area contributed by atoms with E-state index in [4.69, 9.17) is 4.74 Å². The van der Waals surface area contributed by atoms with Crippen molar-refractivity contribution in [2.24, 2.45) is 0 Å². The molecule has 1 aliphatic carbocycles. The van der Waals surface area contributed by atoms with Crippen molar-refractivity contribution in [1.29, 1.82) is 0 Å². The average molecular weight is 485 g/mol. The van der Waals surface area contributed by atoms with Crippen LogP contribution in [0.25, 0.3) is 0 Å². The molecule has 186 valence electrons. The molecular formula is C30H32N2O4. The molecule has 36 heavy (non-hydrogen) atoms. The minimum absolute atomic E-state index is 0.0388. The number of amides is 2. The van der Waals surface area contributed by atoms with Gasteiger partial charge in [-0.15, -0.1) is 0 Å². The molecule has 0 radical (unpaired) electrons. The number of carbonyl (C=O) groups excluding carboxylic acids is 2. The molecular weight excluding hydrogens is 452 g/mol. The second-order valence-electron chi connectivity index (χ2n) is 9.59. The Hall–Kier alpha value is -3.48. The van der Waals surface area contributed by atoms with Crippen LogP contribution in [-0.4, -0.2) is 48.1 Å². The number of ether oxygens (including phenoxy) is 1. The summed E-state index contributed by atoms with van der Waals surface area (Å²) in [5.74, 6) is -0.684. The highest BCUT2D eigenvalue weighted by Gasteiger charge is 2.47. The lowest BCUT2D eigenvalue weighted by molar-refractivity contribution is -0.124. The maximum Gasteiger partial charge on any atom is 0.254 e. The molecule has 3 aromatic rings. The van der Waals surface area contributed by atoms with Crippen LogP contribution < -0.4 is 5.32 Å². The standard InChI is InChI=1S/C30H32N2O4/c1-36-16-6-15-31-29(34)27-25-9-4-5-10-26(25)30(35)32(24-17-22-7-2-3-8-23(22)18-24)28(27)21-13-11-20(19-33)12-14-21/h2-5,7-14,24,27-28,33H,6,15-19H2,1H3,(H,31,34)/t27-,28+/m1/s1. The molecule has 5 rings (SSSR count). The third-order valence-corrected chi connectivity index (χ3v) is 7.41. The first-order valence-corrected chi connectivity index (χ1v) is 12.6. The van der Waals surface area contributed by atoms with E-state index in [1.54, 1.807) is 7.11 Å². The molecule has 0 saturated heterocycles. The molecule has 2 N–H and O–H groups in total. The van der Waals surface area contributed by atoms with E-state index in [1.165, 1.54) is 11.1 Å². The zero-order valence-electron chi connectivity index (χ0n) is 20.5. The van der Waals surface area contributed by atoms with Gasteiger partial charge in [0.15, 0.2) is 0 Å². The van der Waals surface area contributed by atoms with Crippen LogP contribution in [0.5, 0.6) is 0 Å². The zero-order chi connectivity index (χ0) is 25.1. The fourth-order valence-electron chi connectivity index (χ4n) is 5.68. The molecule has 0 spiro atoms. The summed E-state index contributed by atoms with van der Waals surface area (Å²) in [6, 6.07) is 23.0. The van der Waals surface area contributed by atoms with Gasteiger partial charge in [0.1, 0.15) is 0 Å². The van der Waals surface area contributed by atoms with Crippen molar-refractivity contribution in [1.82, 2.24) is 10.2 Å². The largest absolute Gasteiger partial charge is 0.392 e. The van der Waals surface area contributed by atoms with E-state index in [1.807, 2.05) is 65.6 Å². The smallest absolute Gasteiger partial charge is 0.254 e. The molecule has 0 aromatic heterocycles. The van der Waals surface area contributed by atoms with Crippen molar-refractivity contribution in [3.05, 3.63) is 106 Å². The van der Waals surface area contributed by atoms with Crippen LogP contribution in [0.3, 0.4) is 0 Å². The van der Waals surface area contributed by atoms with Crippen LogP contribution in [0.2, 0.25) is 0 Å². The van der Waals surface area contributed by atoms with Crippen molar-refractivity contribution >= 4 is 11.8 Å². The lowest BCUT2D eigenvalue weighted by Crippen LogP contribution is -2.52. The van der Waals surface area contributed by atoms with E-state index in [0.717, 1.165) is 29.5 Å². The minimum atomic E-state index is -0.551. The van der Waals surface area contributed by atoms with E-state index in [0.29, 0.717) is 25.1 Å². The Kier molecular flexibility index (Phi) is 7.16. The molecule has 6 heteroatoms. The third-order valence-electron chi connectivity index (χ3n) is 7.41. The number of hydrogen-bond acceptors (Lipinski definition) is 4. The number of fused-ring (bicyclic) bond motifs is 2. The number of hydrogen-bond donors (Lipinski definition) is 2. The molecule has 6 nitrogen and oxygen atoms in total. The number of benzene rings is 3. The first kappa shape index (κ1) is 24.2. The van der Waals surface area contributed by atoms with Crippen molar-refractivity contribution in [2.75, 3.05) is 20.3 Å². The molecule has 2 aliphatic rings. The molecule has 2 atom stereocenters. The summed E-state index contributed by atoms with van der Waals surface area (Å²) in [5.41, 5.74) is 5.54. The van der Waals surface area contributed by atoms with E-state index in [2.05, 4.69) is 17.4 Å². The Labute approximate surface area is 211 Å². The monoisotopic (exact) mass is 484 g/mol. The van der Waals surface area contributed by atoms with Gasteiger partial charge in [0.25, 0.3) is 5.91 Å². The fraction of sp³-hybridized carbons (Fsp3) is 0.333. The van der Waals surface area contributed by atoms with E-state index < -0.39 is 12.0 Å². The molecule has 1 heterocycles. The Morgan fingerprint density at radius 1 is 1.00 bits per heavy atom. The van der Waals surface area contributed by atoms with Gasteiger partial charge in [-0.05, 0) is 53.1 Å². The predicted octanol–water partition coefficient (Wildman–Crippen LogP) is 3.78. The number of aliphatic hydroxyl groups excluding tert-OH is 1. The van der Waals surface area contributed by atoms with Crippen LogP contribution in [0.1, 0.15) is 56.6 Å². The van der Waals surface area contributed by atoms with Crippen LogP contribution in [-0.2, 0) is 29.0 Å². The summed E-state index contributed by atoms with van der Waals surface area (Å²) in [5, 5.41) is 12.7. The molecule has 1 aliphatic heterocycles. The van der Waals surface area contributed by atoms with Crippen LogP contribution >= 0.6 is 0 Å². The normalized spacial score (nSPS) is 19.2. The van der Waals surface area contributed by atoms with Gasteiger partial charge >= 0.3 is 0 Å². The quantitative estimate of drug-likeness (QED) is 0.477. The predicted molar refractivity (Wildman–Crippen MR) is 138 cm³/mol. The van der Waals surface area contributed by atoms with Crippen LogP contribution in [0, 0.1) is 0 Å². The van der Waals surface area contributed by atoms with Crippen LogP contribution in [0.15, 0.2) is 72.8 Å². The van der Waals surface area contributed by atoms with Crippen molar-refractivity contribution in [2.45, 2.75) is 43.9 Å². The average Bonchev–Trinajstić information content (AvgIpc) is 3.35. The molecule has 0 fully saturated rings. The van der Waals surface area contributed by atoms with Gasteiger partial charge in [-0.2, -0.15) is 0 Å². The Balaban J connectivity index is 1.59. The molecule has 3 aromatic carbocycles. The van der Waals surface area contributed by atoms with Crippen molar-refractivity contribution < 1.29 is 19.4 Å². The number of carbonyl (C=O) groups is 2. The third kappa shape index (κ3) is 4.54. The number of methoxy groups -OCH3 is 1. The topological polar surface area (TPSA) is 78.9 Å². The second kappa shape index (κ2) is 10.6. The van der Waals surface area contributed by atoms with Gasteiger partial charge in [-0.1, -0.05) is 66.7 Å². The highest BCUT2D eigenvalue weighted by Crippen LogP contribution is 2.45. The highest BCUT2D eigenvalue weighted by molar-refractivity contribution is 6.01. The summed E-state index contributed by atoms with van der Waals surface area (Å²) in [7, 11) is 1.65. The zero-order valence-corrected chi connectivity index (χ0v) is 20.5. The SMILES string of the molecule is COCCCNC(=O)[C@@H]1c2ccccc2C(=O)N(C2Cc3ccccc3C2)[C@H]1c1ccc(CO)cc1. The van der Waals surface area contributed by atoms with Gasteiger partial charge in [-0.3, -0.25) is 9.59 Å². The number of aliphatic hydroxyl groups is 1. The van der Waals surface area contributed by atoms with Gasteiger partial charge in [0.05, 0.1) is 18.6 Å². The number of nitrogens with one attached hydrogen (secondary N) is 1. The Morgan fingerprint density at radius 2 is 1.67 bits per heavy atom. The summed E-state index contributed by atoms with van der Waals surface area (Å²) in [4.78, 5) is 29.8. The minimum Gasteiger partial charge on any atom is -0.392 e. The van der Waals surface area contributed by atoms with Crippen molar-refractivity contribution in [3.63, 3.8) is 0 Å². The molecule has 2 amide bonds. The first-order valence-electron chi connectivity index (χ1n) is 12.6. The highest BCUT2D eigenvalue weighted by atomic mass is 16.5. The lowest BCUT2D eigenvalue weighted by Gasteiger charge is -2.45. The number of rotatable bonds is 8. The second-order valence-corrected chi connectivity index (χ2v) is 9.59. The number of nitrogens with zero attached hydrogens (tertiary/aromatic N) is 1. The maximum absolute atomic E-state index is 14.1. The summed E-state index contributed by atoms with van der Waals surface area (Å²) in [6.07, 6.45) is 2.24. The molecule has 0 unspecified atom stereocenters. The Morgan fingerprint density at radius 3 is 2.33 bits per heavy atom. The van der Waals surface area contributed by atoms with Gasteiger partial charge < -0.3 is 20.1 Å². The van der Waals surface area contributed by atoms with Gasteiger partial charge in [-0.25, -0.2) is 0 Å². The van der Waals surface area contributed by atoms with Crippen molar-refractivity contribution in [3.8, 4) is 0 Å². The Bertz CT molecular complexity index is 1210. The lowest BCUT2D eigenvalue weighted by atomic mass is 9.78. The molecule has 0 saturated carbocycles. The van der Waals surface area contributed by atoms with E-state index >= 15 is 0 Å². The van der Waals surface area contributed by atoms with E-state index in [9.17, 15) is 14.7 Å². The van der Waals surface area contributed by atoms with Gasteiger partial charge in [0, 0.05) is 31.9 Å². The molecule has 0 bridgehead atoms. The maximum atomic E-state index is 14.1. The fourth-order valence-corrected chi connectivity index (χ4v) is 5.68. The summed E-state index contributed by atoms with van der Waals surface area (Å²) < 4.78 is 5.14. The first-order chi connectivity index (χ1) is 17.6.